The van der Waals surface area contributed by atoms with Crippen LogP contribution in [0, 0.1) is 6.92 Å². The van der Waals surface area contributed by atoms with Crippen LogP contribution in [-0.2, 0) is 27.3 Å². The molecule has 1 aromatic carbocycles. The van der Waals surface area contributed by atoms with Crippen molar-refractivity contribution in [2.45, 2.75) is 52.1 Å². The van der Waals surface area contributed by atoms with E-state index in [9.17, 15) is 14.4 Å². The number of hydrogen-bond donors (Lipinski definition) is 0. The van der Waals surface area contributed by atoms with Gasteiger partial charge in [-0.05, 0) is 36.5 Å². The molecule has 0 saturated heterocycles. The van der Waals surface area contributed by atoms with Gasteiger partial charge < -0.3 is 14.5 Å². The SMILES string of the molecule is CCCc1cccc(C)c1CN(C=O)C(C=O)CCC=O. The lowest BCUT2D eigenvalue weighted by molar-refractivity contribution is -0.126. The summed E-state index contributed by atoms with van der Waals surface area (Å²) in [6.45, 7) is 4.54. The molecule has 0 heterocycles. The zero-order valence-electron chi connectivity index (χ0n) is 12.7. The van der Waals surface area contributed by atoms with Gasteiger partial charge in [0.2, 0.25) is 6.41 Å². The summed E-state index contributed by atoms with van der Waals surface area (Å²) < 4.78 is 0. The van der Waals surface area contributed by atoms with Crippen LogP contribution in [0.25, 0.3) is 0 Å². The molecule has 0 N–H and O–H groups in total. The van der Waals surface area contributed by atoms with Gasteiger partial charge in [-0.25, -0.2) is 0 Å². The Kier molecular flexibility index (Phi) is 7.37. The first-order valence-electron chi connectivity index (χ1n) is 7.35. The minimum atomic E-state index is -0.540. The van der Waals surface area contributed by atoms with Crippen LogP contribution in [0.3, 0.4) is 0 Å². The van der Waals surface area contributed by atoms with Crippen LogP contribution in [0.5, 0.6) is 0 Å². The largest absolute Gasteiger partial charge is 0.331 e. The van der Waals surface area contributed by atoms with Gasteiger partial charge in [0.25, 0.3) is 0 Å². The molecule has 1 atom stereocenters. The smallest absolute Gasteiger partial charge is 0.210 e. The minimum Gasteiger partial charge on any atom is -0.331 e. The summed E-state index contributed by atoms with van der Waals surface area (Å²) in [5.41, 5.74) is 3.43. The molecule has 0 fully saturated rings. The molecule has 0 aromatic heterocycles. The van der Waals surface area contributed by atoms with E-state index in [0.29, 0.717) is 19.4 Å². The van der Waals surface area contributed by atoms with Gasteiger partial charge in [-0.1, -0.05) is 31.5 Å². The van der Waals surface area contributed by atoms with Crippen LogP contribution in [-0.4, -0.2) is 29.9 Å². The van der Waals surface area contributed by atoms with Crippen molar-refractivity contribution in [1.29, 1.82) is 0 Å². The van der Waals surface area contributed by atoms with Crippen molar-refractivity contribution in [3.05, 3.63) is 34.9 Å². The molecule has 0 saturated carbocycles. The van der Waals surface area contributed by atoms with E-state index in [1.807, 2.05) is 19.1 Å². The first kappa shape index (κ1) is 17.1. The van der Waals surface area contributed by atoms with Crippen LogP contribution in [0.15, 0.2) is 18.2 Å². The lowest BCUT2D eigenvalue weighted by Gasteiger charge is -2.25. The number of aldehydes is 2. The maximum atomic E-state index is 11.3. The zero-order valence-corrected chi connectivity index (χ0v) is 12.7. The molecule has 0 aliphatic carbocycles. The molecular weight excluding hydrogens is 266 g/mol. The van der Waals surface area contributed by atoms with E-state index in [1.54, 1.807) is 0 Å². The molecule has 1 aromatic rings. The predicted octanol–water partition coefficient (Wildman–Crippen LogP) is 2.45. The molecule has 114 valence electrons. The number of amides is 1. The Balaban J connectivity index is 2.97. The molecule has 4 heteroatoms. The fourth-order valence-electron chi connectivity index (χ4n) is 2.46. The van der Waals surface area contributed by atoms with Crippen LogP contribution in [0.4, 0.5) is 0 Å². The normalized spacial score (nSPS) is 11.7. The van der Waals surface area contributed by atoms with E-state index in [1.165, 1.54) is 10.5 Å². The molecule has 0 spiro atoms. The Bertz CT molecular complexity index is 485. The van der Waals surface area contributed by atoms with Crippen LogP contribution in [0.2, 0.25) is 0 Å². The van der Waals surface area contributed by atoms with Gasteiger partial charge in [-0.15, -0.1) is 0 Å². The van der Waals surface area contributed by atoms with Gasteiger partial charge in [-0.3, -0.25) is 4.79 Å². The predicted molar refractivity (Wildman–Crippen MR) is 81.9 cm³/mol. The number of aryl methyl sites for hydroxylation is 2. The quantitative estimate of drug-likeness (QED) is 0.622. The zero-order chi connectivity index (χ0) is 15.7. The van der Waals surface area contributed by atoms with Gasteiger partial charge in [0.15, 0.2) is 0 Å². The first-order valence-corrected chi connectivity index (χ1v) is 7.35. The maximum absolute atomic E-state index is 11.3. The van der Waals surface area contributed by atoms with Crippen molar-refractivity contribution in [2.75, 3.05) is 0 Å². The molecular formula is C17H23NO3. The van der Waals surface area contributed by atoms with E-state index in [2.05, 4.69) is 13.0 Å². The summed E-state index contributed by atoms with van der Waals surface area (Å²) in [6.07, 6.45) is 4.85. The molecule has 1 rings (SSSR count). The Hall–Kier alpha value is -1.97. The monoisotopic (exact) mass is 289 g/mol. The first-order chi connectivity index (χ1) is 10.2. The Morgan fingerprint density at radius 1 is 1.24 bits per heavy atom. The molecule has 0 aliphatic heterocycles. The Labute approximate surface area is 126 Å². The average Bonchev–Trinajstić information content (AvgIpc) is 2.49. The third-order valence-electron chi connectivity index (χ3n) is 3.67. The Morgan fingerprint density at radius 3 is 2.57 bits per heavy atom. The van der Waals surface area contributed by atoms with Crippen LogP contribution in [0.1, 0.15) is 42.9 Å². The van der Waals surface area contributed by atoms with E-state index >= 15 is 0 Å². The van der Waals surface area contributed by atoms with Gasteiger partial charge in [-0.2, -0.15) is 0 Å². The highest BCUT2D eigenvalue weighted by molar-refractivity contribution is 5.65. The van der Waals surface area contributed by atoms with Crippen molar-refractivity contribution in [3.63, 3.8) is 0 Å². The second-order valence-corrected chi connectivity index (χ2v) is 5.19. The second-order valence-electron chi connectivity index (χ2n) is 5.19. The highest BCUT2D eigenvalue weighted by Crippen LogP contribution is 2.19. The van der Waals surface area contributed by atoms with E-state index in [0.717, 1.165) is 36.5 Å². The average molecular weight is 289 g/mol. The summed E-state index contributed by atoms with van der Waals surface area (Å²) >= 11 is 0. The molecule has 1 unspecified atom stereocenters. The second kappa shape index (κ2) is 9.06. The number of carbonyl (C=O) groups is 3. The summed E-state index contributed by atoms with van der Waals surface area (Å²) in [4.78, 5) is 34.5. The number of carbonyl (C=O) groups excluding carboxylic acids is 3. The fourth-order valence-corrected chi connectivity index (χ4v) is 2.46. The summed E-state index contributed by atoms with van der Waals surface area (Å²) in [7, 11) is 0. The lowest BCUT2D eigenvalue weighted by Crippen LogP contribution is -2.35. The van der Waals surface area contributed by atoms with E-state index < -0.39 is 6.04 Å². The minimum absolute atomic E-state index is 0.281. The summed E-state index contributed by atoms with van der Waals surface area (Å²) in [5.74, 6) is 0. The van der Waals surface area contributed by atoms with E-state index in [-0.39, 0.29) is 6.42 Å². The third-order valence-corrected chi connectivity index (χ3v) is 3.67. The molecule has 0 aliphatic rings. The molecule has 1 amide bonds. The van der Waals surface area contributed by atoms with Gasteiger partial charge in [0, 0.05) is 13.0 Å². The number of rotatable bonds is 10. The fraction of sp³-hybridized carbons (Fsp3) is 0.471. The molecule has 4 nitrogen and oxygen atoms in total. The summed E-state index contributed by atoms with van der Waals surface area (Å²) in [6, 6.07) is 5.55. The number of benzene rings is 1. The highest BCUT2D eigenvalue weighted by Gasteiger charge is 2.18. The van der Waals surface area contributed by atoms with Crippen molar-refractivity contribution < 1.29 is 14.4 Å². The van der Waals surface area contributed by atoms with Gasteiger partial charge >= 0.3 is 0 Å². The van der Waals surface area contributed by atoms with Crippen LogP contribution < -0.4 is 0 Å². The van der Waals surface area contributed by atoms with Crippen molar-refractivity contribution in [3.8, 4) is 0 Å². The maximum Gasteiger partial charge on any atom is 0.210 e. The topological polar surface area (TPSA) is 54.5 Å². The molecule has 0 bridgehead atoms. The lowest BCUT2D eigenvalue weighted by atomic mass is 9.97. The number of nitrogens with zero attached hydrogens (tertiary/aromatic N) is 1. The Morgan fingerprint density at radius 2 is 2.00 bits per heavy atom. The number of hydrogen-bond acceptors (Lipinski definition) is 3. The standard InChI is InChI=1S/C17H23NO3/c1-3-6-15-8-4-7-14(2)17(15)11-18(13-21)16(12-20)9-5-10-19/h4,7-8,10,12-13,16H,3,5-6,9,11H2,1-2H3. The molecule has 21 heavy (non-hydrogen) atoms. The highest BCUT2D eigenvalue weighted by atomic mass is 16.1. The van der Waals surface area contributed by atoms with Crippen molar-refractivity contribution in [1.82, 2.24) is 4.90 Å². The molecule has 0 radical (unpaired) electrons. The van der Waals surface area contributed by atoms with E-state index in [4.69, 9.17) is 0 Å². The third kappa shape index (κ3) is 4.81. The van der Waals surface area contributed by atoms with Crippen LogP contribution >= 0.6 is 0 Å². The van der Waals surface area contributed by atoms with Gasteiger partial charge in [0.1, 0.15) is 12.6 Å². The van der Waals surface area contributed by atoms with Gasteiger partial charge in [0.05, 0.1) is 6.04 Å². The van der Waals surface area contributed by atoms with Crippen molar-refractivity contribution in [2.24, 2.45) is 0 Å². The summed E-state index contributed by atoms with van der Waals surface area (Å²) in [5, 5.41) is 0. The van der Waals surface area contributed by atoms with Crippen molar-refractivity contribution >= 4 is 19.0 Å².